The van der Waals surface area contributed by atoms with Crippen LogP contribution in [0.4, 0.5) is 4.39 Å². The van der Waals surface area contributed by atoms with Crippen LogP contribution < -0.4 is 5.46 Å². The minimum atomic E-state index is -1.60. The molecule has 0 spiro atoms. The molecule has 0 unspecified atom stereocenters. The van der Waals surface area contributed by atoms with Crippen LogP contribution in [0.3, 0.4) is 0 Å². The number of rotatable bonds is 2. The fourth-order valence-electron chi connectivity index (χ4n) is 1.62. The van der Waals surface area contributed by atoms with Gasteiger partial charge in [0.1, 0.15) is 5.82 Å². The van der Waals surface area contributed by atoms with E-state index >= 15 is 0 Å². The van der Waals surface area contributed by atoms with Crippen molar-refractivity contribution >= 4 is 12.6 Å². The van der Waals surface area contributed by atoms with Crippen LogP contribution >= 0.6 is 0 Å². The summed E-state index contributed by atoms with van der Waals surface area (Å²) in [4.78, 5) is 0. The molecule has 0 saturated carbocycles. The largest absolute Gasteiger partial charge is 0.489 e. The molecule has 0 aliphatic heterocycles. The molecule has 0 bridgehead atoms. The van der Waals surface area contributed by atoms with Crippen LogP contribution in [0, 0.1) is 5.82 Å². The van der Waals surface area contributed by atoms with Crippen LogP contribution in [0.2, 0.25) is 0 Å². The van der Waals surface area contributed by atoms with Gasteiger partial charge >= 0.3 is 7.12 Å². The third-order valence-electron chi connectivity index (χ3n) is 2.38. The molecule has 2 aromatic carbocycles. The summed E-state index contributed by atoms with van der Waals surface area (Å²) in [6.45, 7) is 0. The fourth-order valence-corrected chi connectivity index (χ4v) is 1.62. The maximum atomic E-state index is 13.1. The first-order chi connectivity index (χ1) is 7.68. The molecular weight excluding hydrogens is 206 g/mol. The van der Waals surface area contributed by atoms with Crippen molar-refractivity contribution in [2.24, 2.45) is 0 Å². The molecule has 0 fully saturated rings. The number of benzene rings is 2. The number of hydrogen-bond acceptors (Lipinski definition) is 2. The first-order valence-corrected chi connectivity index (χ1v) is 4.89. The molecule has 4 heteroatoms. The molecule has 2 N–H and O–H groups in total. The Morgan fingerprint density at radius 1 is 0.938 bits per heavy atom. The van der Waals surface area contributed by atoms with Crippen molar-refractivity contribution in [1.82, 2.24) is 0 Å². The lowest BCUT2D eigenvalue weighted by molar-refractivity contribution is 0.426. The van der Waals surface area contributed by atoms with Crippen molar-refractivity contribution in [2.45, 2.75) is 0 Å². The zero-order valence-corrected chi connectivity index (χ0v) is 8.47. The molecule has 0 aliphatic carbocycles. The predicted molar refractivity (Wildman–Crippen MR) is 61.7 cm³/mol. The van der Waals surface area contributed by atoms with Gasteiger partial charge in [0.05, 0.1) is 0 Å². The molecule has 0 atom stereocenters. The molecule has 0 aliphatic rings. The molecule has 0 radical (unpaired) electrons. The van der Waals surface area contributed by atoms with Gasteiger partial charge in [0.2, 0.25) is 0 Å². The van der Waals surface area contributed by atoms with E-state index in [4.69, 9.17) is 0 Å². The molecule has 2 aromatic rings. The lowest BCUT2D eigenvalue weighted by Gasteiger charge is -2.08. The van der Waals surface area contributed by atoms with E-state index in [1.165, 1.54) is 18.2 Å². The molecule has 0 heterocycles. The maximum Gasteiger partial charge on any atom is 0.489 e. The Labute approximate surface area is 93.1 Å². The monoisotopic (exact) mass is 216 g/mol. The highest BCUT2D eigenvalue weighted by molar-refractivity contribution is 6.60. The summed E-state index contributed by atoms with van der Waals surface area (Å²) >= 11 is 0. The van der Waals surface area contributed by atoms with Gasteiger partial charge in [-0.05, 0) is 28.7 Å². The zero-order chi connectivity index (χ0) is 11.5. The van der Waals surface area contributed by atoms with Crippen molar-refractivity contribution in [3.05, 3.63) is 54.3 Å². The summed E-state index contributed by atoms with van der Waals surface area (Å²) in [5.41, 5.74) is 1.55. The van der Waals surface area contributed by atoms with Crippen LogP contribution in [0.5, 0.6) is 0 Å². The smallest absolute Gasteiger partial charge is 0.423 e. The highest BCUT2D eigenvalue weighted by Gasteiger charge is 2.17. The van der Waals surface area contributed by atoms with Gasteiger partial charge in [-0.25, -0.2) is 4.39 Å². The van der Waals surface area contributed by atoms with Gasteiger partial charge in [0.25, 0.3) is 0 Å². The average molecular weight is 216 g/mol. The highest BCUT2D eigenvalue weighted by Crippen LogP contribution is 2.18. The van der Waals surface area contributed by atoms with Crippen molar-refractivity contribution in [1.29, 1.82) is 0 Å². The van der Waals surface area contributed by atoms with Crippen LogP contribution in [0.15, 0.2) is 48.5 Å². The van der Waals surface area contributed by atoms with E-state index in [0.29, 0.717) is 11.0 Å². The van der Waals surface area contributed by atoms with Crippen LogP contribution in [-0.4, -0.2) is 17.2 Å². The Balaban J connectivity index is 2.58. The minimum Gasteiger partial charge on any atom is -0.423 e. The van der Waals surface area contributed by atoms with Crippen molar-refractivity contribution in [3.8, 4) is 11.1 Å². The van der Waals surface area contributed by atoms with Gasteiger partial charge in [-0.3, -0.25) is 0 Å². The second-order valence-corrected chi connectivity index (χ2v) is 3.47. The summed E-state index contributed by atoms with van der Waals surface area (Å²) in [7, 11) is -1.60. The van der Waals surface area contributed by atoms with E-state index in [1.807, 2.05) is 18.2 Å². The van der Waals surface area contributed by atoms with E-state index in [2.05, 4.69) is 0 Å². The minimum absolute atomic E-state index is 0.299. The van der Waals surface area contributed by atoms with Crippen molar-refractivity contribution < 1.29 is 14.4 Å². The summed E-state index contributed by atoms with van der Waals surface area (Å²) in [5, 5.41) is 18.4. The standard InChI is InChI=1S/C12H10BFO2/c14-10-6-7-12(13(15)16)11(8-10)9-4-2-1-3-5-9/h1-8,15-16H. The second kappa shape index (κ2) is 4.47. The number of hydrogen-bond donors (Lipinski definition) is 2. The summed E-state index contributed by atoms with van der Waals surface area (Å²) in [5.74, 6) is -0.400. The zero-order valence-electron chi connectivity index (χ0n) is 8.47. The normalized spacial score (nSPS) is 10.2. The third-order valence-corrected chi connectivity index (χ3v) is 2.38. The second-order valence-electron chi connectivity index (χ2n) is 3.47. The van der Waals surface area contributed by atoms with Gasteiger partial charge in [-0.15, -0.1) is 0 Å². The predicted octanol–water partition coefficient (Wildman–Crippen LogP) is 1.17. The lowest BCUT2D eigenvalue weighted by atomic mass is 9.75. The molecule has 80 valence electrons. The van der Waals surface area contributed by atoms with E-state index in [1.54, 1.807) is 12.1 Å². The molecule has 16 heavy (non-hydrogen) atoms. The van der Waals surface area contributed by atoms with Gasteiger partial charge in [0, 0.05) is 0 Å². The highest BCUT2D eigenvalue weighted by atomic mass is 19.1. The molecule has 0 amide bonds. The number of halogens is 1. The summed E-state index contributed by atoms with van der Waals surface area (Å²) in [6, 6.07) is 12.9. The van der Waals surface area contributed by atoms with E-state index in [0.717, 1.165) is 5.56 Å². The first kappa shape index (κ1) is 10.9. The van der Waals surface area contributed by atoms with Crippen LogP contribution in [0.25, 0.3) is 11.1 Å². The van der Waals surface area contributed by atoms with Crippen LogP contribution in [0.1, 0.15) is 0 Å². The molecule has 2 rings (SSSR count). The summed E-state index contributed by atoms with van der Waals surface area (Å²) < 4.78 is 13.1. The Morgan fingerprint density at radius 3 is 2.25 bits per heavy atom. The molecule has 0 aromatic heterocycles. The molecule has 2 nitrogen and oxygen atoms in total. The van der Waals surface area contributed by atoms with Gasteiger partial charge < -0.3 is 10.0 Å². The maximum absolute atomic E-state index is 13.1. The van der Waals surface area contributed by atoms with Crippen molar-refractivity contribution in [3.63, 3.8) is 0 Å². The topological polar surface area (TPSA) is 40.5 Å². The first-order valence-electron chi connectivity index (χ1n) is 4.89. The quantitative estimate of drug-likeness (QED) is 0.739. The Morgan fingerprint density at radius 2 is 1.62 bits per heavy atom. The Kier molecular flexibility index (Phi) is 3.03. The van der Waals surface area contributed by atoms with Crippen LogP contribution in [-0.2, 0) is 0 Å². The Hall–Kier alpha value is -1.65. The SMILES string of the molecule is OB(O)c1ccc(F)cc1-c1ccccc1. The summed E-state index contributed by atoms with van der Waals surface area (Å²) in [6.07, 6.45) is 0. The van der Waals surface area contributed by atoms with E-state index in [9.17, 15) is 14.4 Å². The fraction of sp³-hybridized carbons (Fsp3) is 0. The van der Waals surface area contributed by atoms with E-state index < -0.39 is 12.9 Å². The molecular formula is C12H10BFO2. The third kappa shape index (κ3) is 2.13. The Bertz CT molecular complexity index is 486. The van der Waals surface area contributed by atoms with E-state index in [-0.39, 0.29) is 0 Å². The lowest BCUT2D eigenvalue weighted by Crippen LogP contribution is -2.31. The van der Waals surface area contributed by atoms with Gasteiger partial charge in [-0.2, -0.15) is 0 Å². The van der Waals surface area contributed by atoms with Crippen molar-refractivity contribution in [2.75, 3.05) is 0 Å². The van der Waals surface area contributed by atoms with Gasteiger partial charge in [-0.1, -0.05) is 36.4 Å². The molecule has 0 saturated heterocycles. The van der Waals surface area contributed by atoms with Gasteiger partial charge in [0.15, 0.2) is 0 Å². The average Bonchev–Trinajstić information content (AvgIpc) is 2.29.